The van der Waals surface area contributed by atoms with Gasteiger partial charge in [-0.3, -0.25) is 9.10 Å². The zero-order chi connectivity index (χ0) is 22.6. The summed E-state index contributed by atoms with van der Waals surface area (Å²) in [7, 11) is -2.21. The molecule has 2 N–H and O–H groups in total. The summed E-state index contributed by atoms with van der Waals surface area (Å²) in [5, 5.41) is 5.94. The predicted octanol–water partition coefficient (Wildman–Crippen LogP) is 4.49. The minimum Gasteiger partial charge on any atom is -0.376 e. The number of sulfonamides is 1. The van der Waals surface area contributed by atoms with Gasteiger partial charge >= 0.3 is 0 Å². The van der Waals surface area contributed by atoms with Crippen molar-refractivity contribution in [3.05, 3.63) is 83.4 Å². The van der Waals surface area contributed by atoms with Gasteiger partial charge in [-0.15, -0.1) is 0 Å². The van der Waals surface area contributed by atoms with Gasteiger partial charge in [0.15, 0.2) is 0 Å². The van der Waals surface area contributed by atoms with Crippen LogP contribution in [0.2, 0.25) is 0 Å². The Bertz CT molecular complexity index is 1170. The lowest BCUT2D eigenvalue weighted by Gasteiger charge is -2.20. The molecule has 6 nitrogen and oxygen atoms in total. The quantitative estimate of drug-likeness (QED) is 0.571. The molecule has 0 aliphatic carbocycles. The summed E-state index contributed by atoms with van der Waals surface area (Å²) in [6.45, 7) is 5.95. The maximum atomic E-state index is 13.0. The van der Waals surface area contributed by atoms with Crippen molar-refractivity contribution in [1.82, 2.24) is 0 Å². The molecule has 0 aliphatic heterocycles. The molecular formula is C24H27N3O3S. The molecule has 3 rings (SSSR count). The third-order valence-electron chi connectivity index (χ3n) is 5.01. The van der Waals surface area contributed by atoms with E-state index in [-0.39, 0.29) is 17.3 Å². The summed E-state index contributed by atoms with van der Waals surface area (Å²) in [5.41, 5.74) is 5.08. The van der Waals surface area contributed by atoms with Crippen LogP contribution in [0.25, 0.3) is 0 Å². The summed E-state index contributed by atoms with van der Waals surface area (Å²) in [6.07, 6.45) is 0. The van der Waals surface area contributed by atoms with Crippen LogP contribution in [0.3, 0.4) is 0 Å². The van der Waals surface area contributed by atoms with Crippen molar-refractivity contribution in [3.63, 3.8) is 0 Å². The molecule has 0 heterocycles. The summed E-state index contributed by atoms with van der Waals surface area (Å²) >= 11 is 0. The number of carbonyl (C=O) groups is 1. The molecule has 7 heteroatoms. The number of hydrogen-bond acceptors (Lipinski definition) is 4. The first-order valence-electron chi connectivity index (χ1n) is 9.94. The van der Waals surface area contributed by atoms with E-state index in [2.05, 4.69) is 10.6 Å². The van der Waals surface area contributed by atoms with E-state index in [0.717, 1.165) is 22.4 Å². The molecular weight excluding hydrogens is 410 g/mol. The Morgan fingerprint density at radius 1 is 0.903 bits per heavy atom. The molecule has 0 fully saturated rings. The normalized spacial score (nSPS) is 11.1. The number of aryl methyl sites for hydroxylation is 3. The number of para-hydroxylation sites is 1. The topological polar surface area (TPSA) is 78.5 Å². The number of carbonyl (C=O) groups excluding carboxylic acids is 1. The van der Waals surface area contributed by atoms with Gasteiger partial charge in [-0.25, -0.2) is 8.42 Å². The van der Waals surface area contributed by atoms with Crippen LogP contribution in [0.15, 0.2) is 71.6 Å². The predicted molar refractivity (Wildman–Crippen MR) is 126 cm³/mol. The second-order valence-corrected chi connectivity index (χ2v) is 9.48. The summed E-state index contributed by atoms with van der Waals surface area (Å²) in [6, 6.07) is 19.4. The molecule has 162 valence electrons. The number of anilines is 3. The molecule has 0 aromatic heterocycles. The van der Waals surface area contributed by atoms with E-state index in [1.54, 1.807) is 42.5 Å². The molecule has 31 heavy (non-hydrogen) atoms. The van der Waals surface area contributed by atoms with E-state index in [4.69, 9.17) is 0 Å². The average Bonchev–Trinajstić information content (AvgIpc) is 2.75. The highest BCUT2D eigenvalue weighted by atomic mass is 32.2. The van der Waals surface area contributed by atoms with Crippen LogP contribution in [0.5, 0.6) is 0 Å². The first-order chi connectivity index (χ1) is 14.7. The van der Waals surface area contributed by atoms with Gasteiger partial charge in [0.25, 0.3) is 10.0 Å². The SMILES string of the molecule is Cc1cc(C)c(NC(=O)CNc2cccc(S(=O)(=O)N(C)c3ccccc3)c2)c(C)c1. The summed E-state index contributed by atoms with van der Waals surface area (Å²) in [4.78, 5) is 12.6. The molecule has 0 aliphatic rings. The van der Waals surface area contributed by atoms with Gasteiger partial charge in [-0.2, -0.15) is 0 Å². The highest BCUT2D eigenvalue weighted by molar-refractivity contribution is 7.92. The van der Waals surface area contributed by atoms with Crippen LogP contribution in [-0.2, 0) is 14.8 Å². The molecule has 1 amide bonds. The van der Waals surface area contributed by atoms with E-state index in [1.807, 2.05) is 39.0 Å². The van der Waals surface area contributed by atoms with Gasteiger partial charge < -0.3 is 10.6 Å². The second-order valence-electron chi connectivity index (χ2n) is 7.51. The first kappa shape index (κ1) is 22.4. The third kappa shape index (κ3) is 5.24. The molecule has 0 unspecified atom stereocenters. The number of amides is 1. The smallest absolute Gasteiger partial charge is 0.264 e. The lowest BCUT2D eigenvalue weighted by atomic mass is 10.1. The zero-order valence-corrected chi connectivity index (χ0v) is 19.0. The third-order valence-corrected chi connectivity index (χ3v) is 6.79. The molecule has 0 atom stereocenters. The van der Waals surface area contributed by atoms with E-state index >= 15 is 0 Å². The van der Waals surface area contributed by atoms with Crippen molar-refractivity contribution >= 4 is 33.0 Å². The Morgan fingerprint density at radius 3 is 2.19 bits per heavy atom. The van der Waals surface area contributed by atoms with E-state index in [9.17, 15) is 13.2 Å². The van der Waals surface area contributed by atoms with Crippen LogP contribution >= 0.6 is 0 Å². The monoisotopic (exact) mass is 437 g/mol. The fourth-order valence-electron chi connectivity index (χ4n) is 3.44. The van der Waals surface area contributed by atoms with Crippen LogP contribution in [0.4, 0.5) is 17.1 Å². The molecule has 0 saturated carbocycles. The van der Waals surface area contributed by atoms with Gasteiger partial charge in [0.1, 0.15) is 0 Å². The Labute approximate surface area is 184 Å². The second kappa shape index (κ2) is 9.22. The van der Waals surface area contributed by atoms with Crippen LogP contribution in [0.1, 0.15) is 16.7 Å². The largest absolute Gasteiger partial charge is 0.376 e. The number of nitrogens with one attached hydrogen (secondary N) is 2. The average molecular weight is 438 g/mol. The first-order valence-corrected chi connectivity index (χ1v) is 11.4. The van der Waals surface area contributed by atoms with Crippen molar-refractivity contribution in [1.29, 1.82) is 0 Å². The van der Waals surface area contributed by atoms with Gasteiger partial charge in [0.05, 0.1) is 17.1 Å². The van der Waals surface area contributed by atoms with Crippen molar-refractivity contribution in [3.8, 4) is 0 Å². The maximum absolute atomic E-state index is 13.0. The maximum Gasteiger partial charge on any atom is 0.264 e. The Morgan fingerprint density at radius 2 is 1.55 bits per heavy atom. The van der Waals surface area contributed by atoms with Crippen LogP contribution in [-0.4, -0.2) is 27.9 Å². The van der Waals surface area contributed by atoms with E-state index < -0.39 is 10.0 Å². The standard InChI is InChI=1S/C24H27N3O3S/c1-17-13-18(2)24(19(3)14-17)26-23(28)16-25-20-9-8-12-22(15-20)31(29,30)27(4)21-10-6-5-7-11-21/h5-15,25H,16H2,1-4H3,(H,26,28). The lowest BCUT2D eigenvalue weighted by molar-refractivity contribution is -0.114. The van der Waals surface area contributed by atoms with Crippen LogP contribution < -0.4 is 14.9 Å². The van der Waals surface area contributed by atoms with Gasteiger partial charge in [-0.05, 0) is 62.2 Å². The lowest BCUT2D eigenvalue weighted by Crippen LogP contribution is -2.26. The minimum absolute atomic E-state index is 0.0186. The van der Waals surface area contributed by atoms with Crippen molar-refractivity contribution in [2.45, 2.75) is 25.7 Å². The van der Waals surface area contributed by atoms with E-state index in [1.165, 1.54) is 17.4 Å². The fraction of sp³-hybridized carbons (Fsp3) is 0.208. The molecule has 0 bridgehead atoms. The number of hydrogen-bond donors (Lipinski definition) is 2. The van der Waals surface area contributed by atoms with Crippen LogP contribution in [0, 0.1) is 20.8 Å². The number of nitrogens with zero attached hydrogens (tertiary/aromatic N) is 1. The number of rotatable bonds is 7. The molecule has 3 aromatic rings. The Hall–Kier alpha value is -3.32. The van der Waals surface area contributed by atoms with Gasteiger partial charge in [0.2, 0.25) is 5.91 Å². The molecule has 0 radical (unpaired) electrons. The Balaban J connectivity index is 1.70. The minimum atomic E-state index is -3.72. The highest BCUT2D eigenvalue weighted by Crippen LogP contribution is 2.24. The molecule has 0 saturated heterocycles. The van der Waals surface area contributed by atoms with E-state index in [0.29, 0.717) is 11.4 Å². The summed E-state index contributed by atoms with van der Waals surface area (Å²) < 4.78 is 27.2. The van der Waals surface area contributed by atoms with Gasteiger partial charge in [0, 0.05) is 18.4 Å². The Kier molecular flexibility index (Phi) is 6.65. The highest BCUT2D eigenvalue weighted by Gasteiger charge is 2.21. The molecule has 0 spiro atoms. The fourth-order valence-corrected chi connectivity index (χ4v) is 4.69. The zero-order valence-electron chi connectivity index (χ0n) is 18.1. The van der Waals surface area contributed by atoms with Crippen molar-refractivity contribution < 1.29 is 13.2 Å². The number of benzene rings is 3. The van der Waals surface area contributed by atoms with Crippen molar-refractivity contribution in [2.24, 2.45) is 0 Å². The van der Waals surface area contributed by atoms with Crippen molar-refractivity contribution in [2.75, 3.05) is 28.5 Å². The molecule has 3 aromatic carbocycles. The summed E-state index contributed by atoms with van der Waals surface area (Å²) in [5.74, 6) is -0.204. The van der Waals surface area contributed by atoms with Gasteiger partial charge in [-0.1, -0.05) is 42.0 Å².